The quantitative estimate of drug-likeness (QED) is 0.725. The molecule has 0 aliphatic carbocycles. The van der Waals surface area contributed by atoms with Crippen molar-refractivity contribution in [3.63, 3.8) is 0 Å². The minimum atomic E-state index is -0.208. The molecule has 1 N–H and O–H groups in total. The standard InChI is InChI=1S/C18H14ClNO2/c1-2-10-22-17-14-9-8-13(19)11-15(14)20-18(21)16(17)12-6-4-3-5-7-12/h2-9,11H,1,10H2,(H,20,21). The lowest BCUT2D eigenvalue weighted by Gasteiger charge is -2.13. The van der Waals surface area contributed by atoms with Crippen molar-refractivity contribution in [1.82, 2.24) is 4.98 Å². The second kappa shape index (κ2) is 6.08. The maximum Gasteiger partial charge on any atom is 0.260 e. The summed E-state index contributed by atoms with van der Waals surface area (Å²) in [5.41, 5.74) is 1.76. The number of ether oxygens (including phenoxy) is 1. The lowest BCUT2D eigenvalue weighted by molar-refractivity contribution is 0.368. The zero-order valence-electron chi connectivity index (χ0n) is 11.8. The van der Waals surface area contributed by atoms with Crippen LogP contribution in [0, 0.1) is 0 Å². The molecule has 0 unspecified atom stereocenters. The smallest absolute Gasteiger partial charge is 0.260 e. The molecule has 0 aliphatic heterocycles. The molecular weight excluding hydrogens is 298 g/mol. The van der Waals surface area contributed by atoms with Crippen molar-refractivity contribution in [3.8, 4) is 16.9 Å². The summed E-state index contributed by atoms with van der Waals surface area (Å²) in [5, 5.41) is 1.37. The summed E-state index contributed by atoms with van der Waals surface area (Å²) in [5.74, 6) is 0.543. The normalized spacial score (nSPS) is 10.6. The minimum absolute atomic E-state index is 0.208. The number of aromatic amines is 1. The average molecular weight is 312 g/mol. The van der Waals surface area contributed by atoms with Crippen LogP contribution in [0.4, 0.5) is 0 Å². The highest BCUT2D eigenvalue weighted by atomic mass is 35.5. The van der Waals surface area contributed by atoms with Gasteiger partial charge >= 0.3 is 0 Å². The van der Waals surface area contributed by atoms with Gasteiger partial charge in [0.25, 0.3) is 5.56 Å². The van der Waals surface area contributed by atoms with E-state index >= 15 is 0 Å². The third kappa shape index (κ3) is 2.63. The molecule has 1 aromatic heterocycles. The summed E-state index contributed by atoms with van der Waals surface area (Å²) < 4.78 is 5.79. The van der Waals surface area contributed by atoms with E-state index in [0.717, 1.165) is 10.9 Å². The lowest BCUT2D eigenvalue weighted by Crippen LogP contribution is -2.12. The molecular formula is C18H14ClNO2. The first kappa shape index (κ1) is 14.4. The first-order chi connectivity index (χ1) is 10.7. The molecule has 3 rings (SSSR count). The van der Waals surface area contributed by atoms with Gasteiger partial charge in [-0.2, -0.15) is 0 Å². The molecule has 2 aromatic carbocycles. The van der Waals surface area contributed by atoms with Gasteiger partial charge in [0, 0.05) is 10.4 Å². The second-order valence-corrected chi connectivity index (χ2v) is 5.25. The Morgan fingerprint density at radius 2 is 1.95 bits per heavy atom. The summed E-state index contributed by atoms with van der Waals surface area (Å²) in [6.07, 6.45) is 1.65. The fourth-order valence-corrected chi connectivity index (χ4v) is 2.57. The molecule has 0 fully saturated rings. The zero-order valence-corrected chi connectivity index (χ0v) is 12.6. The number of H-pyrrole nitrogens is 1. The minimum Gasteiger partial charge on any atom is -0.488 e. The van der Waals surface area contributed by atoms with Gasteiger partial charge in [0.05, 0.1) is 11.1 Å². The largest absolute Gasteiger partial charge is 0.488 e. The van der Waals surface area contributed by atoms with Gasteiger partial charge in [-0.1, -0.05) is 54.6 Å². The second-order valence-electron chi connectivity index (χ2n) is 4.81. The van der Waals surface area contributed by atoms with E-state index in [1.165, 1.54) is 0 Å². The first-order valence-corrected chi connectivity index (χ1v) is 7.23. The van der Waals surface area contributed by atoms with Gasteiger partial charge in [-0.3, -0.25) is 4.79 Å². The van der Waals surface area contributed by atoms with Gasteiger partial charge in [0.2, 0.25) is 0 Å². The number of pyridine rings is 1. The Balaban J connectivity index is 2.35. The van der Waals surface area contributed by atoms with Crippen LogP contribution in [0.1, 0.15) is 0 Å². The van der Waals surface area contributed by atoms with Crippen LogP contribution in [0.5, 0.6) is 5.75 Å². The lowest BCUT2D eigenvalue weighted by atomic mass is 10.0. The van der Waals surface area contributed by atoms with Crippen molar-refractivity contribution in [2.75, 3.05) is 6.61 Å². The Labute approximate surface area is 132 Å². The number of hydrogen-bond acceptors (Lipinski definition) is 2. The van der Waals surface area contributed by atoms with E-state index in [2.05, 4.69) is 11.6 Å². The van der Waals surface area contributed by atoms with Gasteiger partial charge in [-0.15, -0.1) is 0 Å². The van der Waals surface area contributed by atoms with Crippen LogP contribution < -0.4 is 10.3 Å². The van der Waals surface area contributed by atoms with Gasteiger partial charge in [-0.05, 0) is 23.8 Å². The molecule has 0 atom stereocenters. The molecule has 0 bridgehead atoms. The van der Waals surface area contributed by atoms with Crippen molar-refractivity contribution in [3.05, 3.63) is 76.6 Å². The van der Waals surface area contributed by atoms with E-state index < -0.39 is 0 Å². The van der Waals surface area contributed by atoms with Crippen LogP contribution in [-0.2, 0) is 0 Å². The molecule has 4 heteroatoms. The van der Waals surface area contributed by atoms with Crippen LogP contribution in [0.3, 0.4) is 0 Å². The Morgan fingerprint density at radius 1 is 1.18 bits per heavy atom. The highest BCUT2D eigenvalue weighted by Gasteiger charge is 2.15. The molecule has 0 saturated carbocycles. The van der Waals surface area contributed by atoms with Crippen molar-refractivity contribution in [1.29, 1.82) is 0 Å². The summed E-state index contributed by atoms with van der Waals surface area (Å²) >= 11 is 6.01. The maximum absolute atomic E-state index is 12.5. The monoisotopic (exact) mass is 311 g/mol. The summed E-state index contributed by atoms with van der Waals surface area (Å²) in [7, 11) is 0. The predicted molar refractivity (Wildman–Crippen MR) is 90.7 cm³/mol. The highest BCUT2D eigenvalue weighted by Crippen LogP contribution is 2.34. The first-order valence-electron chi connectivity index (χ1n) is 6.85. The van der Waals surface area contributed by atoms with Crippen molar-refractivity contribution >= 4 is 22.5 Å². The fourth-order valence-electron chi connectivity index (χ4n) is 2.40. The average Bonchev–Trinajstić information content (AvgIpc) is 2.52. The predicted octanol–water partition coefficient (Wildman–Crippen LogP) is 4.41. The summed E-state index contributed by atoms with van der Waals surface area (Å²) in [6.45, 7) is 3.98. The van der Waals surface area contributed by atoms with E-state index in [4.69, 9.17) is 16.3 Å². The van der Waals surface area contributed by atoms with E-state index in [0.29, 0.717) is 28.5 Å². The van der Waals surface area contributed by atoms with Crippen LogP contribution in [0.2, 0.25) is 5.02 Å². The molecule has 1 heterocycles. The molecule has 0 aliphatic rings. The van der Waals surface area contributed by atoms with E-state index in [9.17, 15) is 4.79 Å². The summed E-state index contributed by atoms with van der Waals surface area (Å²) in [6, 6.07) is 14.8. The molecule has 110 valence electrons. The number of rotatable bonds is 4. The maximum atomic E-state index is 12.5. The molecule has 22 heavy (non-hydrogen) atoms. The van der Waals surface area contributed by atoms with E-state index in [1.54, 1.807) is 18.2 Å². The van der Waals surface area contributed by atoms with Gasteiger partial charge < -0.3 is 9.72 Å². The Hall–Kier alpha value is -2.52. The van der Waals surface area contributed by atoms with E-state index in [-0.39, 0.29) is 5.56 Å². The molecule has 3 nitrogen and oxygen atoms in total. The Kier molecular flexibility index (Phi) is 3.98. The van der Waals surface area contributed by atoms with Crippen LogP contribution >= 0.6 is 11.6 Å². The summed E-state index contributed by atoms with van der Waals surface area (Å²) in [4.78, 5) is 15.4. The van der Waals surface area contributed by atoms with Crippen molar-refractivity contribution < 1.29 is 4.74 Å². The SMILES string of the molecule is C=CCOc1c(-c2ccccc2)c(=O)[nH]c2cc(Cl)ccc12. The number of fused-ring (bicyclic) bond motifs is 1. The third-order valence-electron chi connectivity index (χ3n) is 3.34. The van der Waals surface area contributed by atoms with Crippen molar-refractivity contribution in [2.24, 2.45) is 0 Å². The topological polar surface area (TPSA) is 42.1 Å². The number of halogens is 1. The number of hydrogen-bond donors (Lipinski definition) is 1. The zero-order chi connectivity index (χ0) is 15.5. The molecule has 0 amide bonds. The molecule has 3 aromatic rings. The number of aromatic nitrogens is 1. The number of benzene rings is 2. The van der Waals surface area contributed by atoms with Crippen molar-refractivity contribution in [2.45, 2.75) is 0 Å². The van der Waals surface area contributed by atoms with Gasteiger partial charge in [0.1, 0.15) is 12.4 Å². The number of nitrogens with one attached hydrogen (secondary N) is 1. The van der Waals surface area contributed by atoms with Crippen LogP contribution in [-0.4, -0.2) is 11.6 Å². The highest BCUT2D eigenvalue weighted by molar-refractivity contribution is 6.31. The van der Waals surface area contributed by atoms with Gasteiger partial charge in [0.15, 0.2) is 0 Å². The molecule has 0 radical (unpaired) electrons. The molecule has 0 saturated heterocycles. The van der Waals surface area contributed by atoms with E-state index in [1.807, 2.05) is 36.4 Å². The Morgan fingerprint density at radius 3 is 2.68 bits per heavy atom. The Bertz CT molecular complexity index is 885. The molecule has 0 spiro atoms. The third-order valence-corrected chi connectivity index (χ3v) is 3.57. The van der Waals surface area contributed by atoms with Crippen LogP contribution in [0.15, 0.2) is 66.0 Å². The fraction of sp³-hybridized carbons (Fsp3) is 0.0556. The van der Waals surface area contributed by atoms with Gasteiger partial charge in [-0.25, -0.2) is 0 Å². The van der Waals surface area contributed by atoms with Crippen LogP contribution in [0.25, 0.3) is 22.0 Å².